The van der Waals surface area contributed by atoms with Crippen LogP contribution >= 0.6 is 24.0 Å². The molecule has 0 spiro atoms. The second-order valence-corrected chi connectivity index (χ2v) is 9.01. The number of carbonyl (C=O) groups excluding carboxylic acids is 1. The average Bonchev–Trinajstić information content (AvgIpc) is 2.84. The van der Waals surface area contributed by atoms with Crippen molar-refractivity contribution >= 4 is 35.8 Å². The zero-order chi connectivity index (χ0) is 23.0. The van der Waals surface area contributed by atoms with Crippen LogP contribution in [-0.4, -0.2) is 68.0 Å². The molecule has 2 aliphatic heterocycles. The number of carbonyl (C=O) groups is 1. The Morgan fingerprint density at radius 2 is 1.74 bits per heavy atom. The molecule has 0 aliphatic carbocycles. The van der Waals surface area contributed by atoms with Crippen molar-refractivity contribution in [1.82, 2.24) is 20.4 Å². The first-order valence-corrected chi connectivity index (χ1v) is 11.8. The lowest BCUT2D eigenvalue weighted by atomic mass is 10.0. The molecule has 0 aromatic heterocycles. The second-order valence-electron chi connectivity index (χ2n) is 9.01. The third-order valence-electron chi connectivity index (χ3n) is 6.32. The SMILES string of the molecule is CN(C)C(=O)CN=C(NC1CCN(Cc2ccccc2)CC1)NC1CCOc2ccccc21.I. The van der Waals surface area contributed by atoms with Crippen molar-refractivity contribution in [2.24, 2.45) is 4.99 Å². The molecule has 4 rings (SSSR count). The van der Waals surface area contributed by atoms with E-state index < -0.39 is 0 Å². The Morgan fingerprint density at radius 3 is 2.47 bits per heavy atom. The number of para-hydroxylation sites is 1. The molecule has 1 unspecified atom stereocenters. The van der Waals surface area contributed by atoms with E-state index in [9.17, 15) is 4.79 Å². The molecule has 1 amide bonds. The zero-order valence-corrected chi connectivity index (χ0v) is 22.4. The third-order valence-corrected chi connectivity index (χ3v) is 6.32. The van der Waals surface area contributed by atoms with Gasteiger partial charge in [-0.05, 0) is 24.5 Å². The number of hydrogen-bond donors (Lipinski definition) is 2. The fraction of sp³-hybridized carbons (Fsp3) is 0.462. The number of halogens is 1. The average molecular weight is 578 g/mol. The van der Waals surface area contributed by atoms with E-state index in [1.807, 2.05) is 18.2 Å². The fourth-order valence-electron chi connectivity index (χ4n) is 4.35. The van der Waals surface area contributed by atoms with E-state index in [0.717, 1.165) is 50.2 Å². The molecule has 2 aliphatic rings. The molecule has 2 aromatic carbocycles. The summed E-state index contributed by atoms with van der Waals surface area (Å²) in [6, 6.07) is 19.2. The van der Waals surface area contributed by atoms with Gasteiger partial charge in [0.2, 0.25) is 5.91 Å². The van der Waals surface area contributed by atoms with Gasteiger partial charge in [0.25, 0.3) is 0 Å². The van der Waals surface area contributed by atoms with Crippen molar-refractivity contribution in [2.45, 2.75) is 37.9 Å². The van der Waals surface area contributed by atoms with Crippen molar-refractivity contribution < 1.29 is 9.53 Å². The molecule has 2 heterocycles. The number of hydrogen-bond acceptors (Lipinski definition) is 4. The molecule has 2 aromatic rings. The Morgan fingerprint density at radius 1 is 1.03 bits per heavy atom. The highest BCUT2D eigenvalue weighted by Crippen LogP contribution is 2.31. The summed E-state index contributed by atoms with van der Waals surface area (Å²) in [5.41, 5.74) is 2.49. The lowest BCUT2D eigenvalue weighted by Crippen LogP contribution is -2.50. The first-order valence-electron chi connectivity index (χ1n) is 11.8. The molecule has 1 saturated heterocycles. The van der Waals surface area contributed by atoms with Crippen molar-refractivity contribution in [3.63, 3.8) is 0 Å². The van der Waals surface area contributed by atoms with Crippen LogP contribution in [0.2, 0.25) is 0 Å². The van der Waals surface area contributed by atoms with E-state index >= 15 is 0 Å². The molecule has 34 heavy (non-hydrogen) atoms. The van der Waals surface area contributed by atoms with Gasteiger partial charge in [0.1, 0.15) is 12.3 Å². The highest BCUT2D eigenvalue weighted by Gasteiger charge is 2.25. The maximum atomic E-state index is 12.2. The molecule has 0 radical (unpaired) electrons. The summed E-state index contributed by atoms with van der Waals surface area (Å²) in [5.74, 6) is 1.61. The summed E-state index contributed by atoms with van der Waals surface area (Å²) < 4.78 is 5.81. The highest BCUT2D eigenvalue weighted by atomic mass is 127. The Hall–Kier alpha value is -2.33. The molecule has 1 fully saturated rings. The van der Waals surface area contributed by atoms with Crippen LogP contribution in [0, 0.1) is 0 Å². The normalized spacial score (nSPS) is 18.8. The quantitative estimate of drug-likeness (QED) is 0.313. The van der Waals surface area contributed by atoms with Gasteiger partial charge in [-0.15, -0.1) is 24.0 Å². The van der Waals surface area contributed by atoms with Crippen LogP contribution in [0.1, 0.15) is 36.4 Å². The first kappa shape index (κ1) is 26.3. The summed E-state index contributed by atoms with van der Waals surface area (Å²) >= 11 is 0. The predicted octanol–water partition coefficient (Wildman–Crippen LogP) is 3.42. The summed E-state index contributed by atoms with van der Waals surface area (Å²) in [4.78, 5) is 20.9. The van der Waals surface area contributed by atoms with E-state index in [1.165, 1.54) is 5.56 Å². The van der Waals surface area contributed by atoms with E-state index in [-0.39, 0.29) is 42.5 Å². The number of ether oxygens (including phenoxy) is 1. The second kappa shape index (κ2) is 12.9. The van der Waals surface area contributed by atoms with E-state index in [0.29, 0.717) is 18.6 Å². The number of amides is 1. The first-order chi connectivity index (χ1) is 16.1. The van der Waals surface area contributed by atoms with Crippen LogP contribution in [-0.2, 0) is 11.3 Å². The minimum absolute atomic E-state index is 0. The van der Waals surface area contributed by atoms with Crippen molar-refractivity contribution in [1.29, 1.82) is 0 Å². The molecule has 7 nitrogen and oxygen atoms in total. The van der Waals surface area contributed by atoms with Crippen LogP contribution in [0.3, 0.4) is 0 Å². The van der Waals surface area contributed by atoms with Gasteiger partial charge in [0.15, 0.2) is 5.96 Å². The van der Waals surface area contributed by atoms with Gasteiger partial charge in [0.05, 0.1) is 12.6 Å². The van der Waals surface area contributed by atoms with E-state index in [4.69, 9.17) is 4.74 Å². The molecule has 184 valence electrons. The topological polar surface area (TPSA) is 69.2 Å². The zero-order valence-electron chi connectivity index (χ0n) is 20.1. The van der Waals surface area contributed by atoms with Crippen molar-refractivity contribution in [3.05, 3.63) is 65.7 Å². The molecule has 8 heteroatoms. The van der Waals surface area contributed by atoms with Gasteiger partial charge >= 0.3 is 0 Å². The lowest BCUT2D eigenvalue weighted by molar-refractivity contribution is -0.127. The summed E-state index contributed by atoms with van der Waals surface area (Å²) in [6.07, 6.45) is 2.94. The summed E-state index contributed by atoms with van der Waals surface area (Å²) in [5, 5.41) is 7.19. The monoisotopic (exact) mass is 577 g/mol. The number of aliphatic imine (C=N–C) groups is 1. The Labute approximate surface area is 220 Å². The lowest BCUT2D eigenvalue weighted by Gasteiger charge is -2.34. The Kier molecular flexibility index (Phi) is 10.0. The third kappa shape index (κ3) is 7.33. The van der Waals surface area contributed by atoms with Gasteiger partial charge in [0, 0.05) is 51.8 Å². The number of piperidine rings is 1. The molecule has 0 bridgehead atoms. The highest BCUT2D eigenvalue weighted by molar-refractivity contribution is 14.0. The summed E-state index contributed by atoms with van der Waals surface area (Å²) in [6.45, 7) is 3.85. The van der Waals surface area contributed by atoms with Gasteiger partial charge in [-0.2, -0.15) is 0 Å². The summed E-state index contributed by atoms with van der Waals surface area (Å²) in [7, 11) is 3.52. The predicted molar refractivity (Wildman–Crippen MR) is 147 cm³/mol. The Bertz CT molecular complexity index is 945. The molecule has 0 saturated carbocycles. The number of likely N-dealkylation sites (N-methyl/N-ethyl adjacent to an activating group) is 1. The minimum Gasteiger partial charge on any atom is -0.493 e. The van der Waals surface area contributed by atoms with Crippen LogP contribution in [0.25, 0.3) is 0 Å². The van der Waals surface area contributed by atoms with Gasteiger partial charge < -0.3 is 20.3 Å². The molecular formula is C26H36IN5O2. The van der Waals surface area contributed by atoms with Crippen molar-refractivity contribution in [2.75, 3.05) is 40.3 Å². The molecular weight excluding hydrogens is 541 g/mol. The van der Waals surface area contributed by atoms with Gasteiger partial charge in [-0.3, -0.25) is 9.69 Å². The maximum Gasteiger partial charge on any atom is 0.243 e. The number of nitrogens with one attached hydrogen (secondary N) is 2. The number of likely N-dealkylation sites (tertiary alicyclic amines) is 1. The number of nitrogens with zero attached hydrogens (tertiary/aromatic N) is 3. The minimum atomic E-state index is -0.0128. The number of rotatable bonds is 6. The molecule has 2 N–H and O–H groups in total. The fourth-order valence-corrected chi connectivity index (χ4v) is 4.35. The van der Waals surface area contributed by atoms with Crippen LogP contribution in [0.4, 0.5) is 0 Å². The largest absolute Gasteiger partial charge is 0.493 e. The van der Waals surface area contributed by atoms with E-state index in [2.05, 4.69) is 56.9 Å². The number of benzene rings is 2. The number of guanidine groups is 1. The standard InChI is InChI=1S/C26H35N5O2.HI/c1-30(2)25(32)18-27-26(29-23-14-17-33-24-11-7-6-10-22(23)24)28-21-12-15-31(16-13-21)19-20-8-4-3-5-9-20;/h3-11,21,23H,12-19H2,1-2H3,(H2,27,28,29);1H. The van der Waals surface area contributed by atoms with Gasteiger partial charge in [-0.25, -0.2) is 4.99 Å². The van der Waals surface area contributed by atoms with Gasteiger partial charge in [-0.1, -0.05) is 48.5 Å². The van der Waals surface area contributed by atoms with Crippen LogP contribution in [0.15, 0.2) is 59.6 Å². The molecule has 1 atom stereocenters. The smallest absolute Gasteiger partial charge is 0.243 e. The number of fused-ring (bicyclic) bond motifs is 1. The van der Waals surface area contributed by atoms with E-state index in [1.54, 1.807) is 19.0 Å². The van der Waals surface area contributed by atoms with Crippen LogP contribution < -0.4 is 15.4 Å². The van der Waals surface area contributed by atoms with Crippen LogP contribution in [0.5, 0.6) is 5.75 Å². The Balaban J connectivity index is 0.00000324. The van der Waals surface area contributed by atoms with Crippen molar-refractivity contribution in [3.8, 4) is 5.75 Å². The maximum absolute atomic E-state index is 12.2.